The van der Waals surface area contributed by atoms with Crippen molar-refractivity contribution in [3.8, 4) is 5.88 Å². The number of anilines is 4. The molecule has 3 saturated heterocycles. The van der Waals surface area contributed by atoms with Gasteiger partial charge in [-0.2, -0.15) is 4.98 Å². The summed E-state index contributed by atoms with van der Waals surface area (Å²) in [6.07, 6.45) is 12.7. The van der Waals surface area contributed by atoms with E-state index in [4.69, 9.17) is 14.5 Å². The number of likely N-dealkylation sites (tertiary alicyclic amines) is 1. The monoisotopic (exact) mass is 930 g/mol. The van der Waals surface area contributed by atoms with Gasteiger partial charge in [-0.15, -0.1) is 0 Å². The molecule has 4 aliphatic heterocycles. The first-order chi connectivity index (χ1) is 32.4. The number of aromatic nitrogens is 2. The molecule has 11 rings (SSSR count). The van der Waals surface area contributed by atoms with Crippen LogP contribution in [-0.4, -0.2) is 92.5 Å². The molecule has 14 nitrogen and oxygen atoms in total. The average molecular weight is 931 g/mol. The number of fused-ring (bicyclic) bond motifs is 2. The van der Waals surface area contributed by atoms with E-state index in [1.54, 1.807) is 11.1 Å². The zero-order valence-corrected chi connectivity index (χ0v) is 38.7. The summed E-state index contributed by atoms with van der Waals surface area (Å²) in [6.45, 7) is 8.66. The second kappa shape index (κ2) is 17.4. The number of benzene rings is 3. The Morgan fingerprint density at radius 3 is 2.48 bits per heavy atom. The lowest BCUT2D eigenvalue weighted by molar-refractivity contribution is -0.384. The predicted molar refractivity (Wildman–Crippen MR) is 258 cm³/mol. The van der Waals surface area contributed by atoms with Crippen LogP contribution in [0.1, 0.15) is 99.3 Å². The Kier molecular flexibility index (Phi) is 11.4. The van der Waals surface area contributed by atoms with Crippen LogP contribution >= 0.6 is 0 Å². The molecule has 0 radical (unpaired) electrons. The fourth-order valence-corrected chi connectivity index (χ4v) is 12.7. The summed E-state index contributed by atoms with van der Waals surface area (Å²) < 4.78 is 57.7. The van der Waals surface area contributed by atoms with Gasteiger partial charge in [-0.25, -0.2) is 12.8 Å². The third kappa shape index (κ3) is 8.61. The molecule has 16 heteroatoms. The van der Waals surface area contributed by atoms with Gasteiger partial charge in [0.2, 0.25) is 5.88 Å². The highest BCUT2D eigenvalue weighted by Gasteiger charge is 2.50. The van der Waals surface area contributed by atoms with Crippen LogP contribution in [0.2, 0.25) is 0 Å². The summed E-state index contributed by atoms with van der Waals surface area (Å²) in [6, 6.07) is 24.0. The largest absolute Gasteiger partial charge is 0.476 e. The minimum absolute atomic E-state index is 0.0302. The molecule has 3 N–H and O–H groups in total. The molecule has 2 aromatic heterocycles. The molecule has 5 fully saturated rings. The first-order valence-corrected chi connectivity index (χ1v) is 25.6. The lowest BCUT2D eigenvalue weighted by Crippen LogP contribution is -2.54. The second-order valence-corrected chi connectivity index (χ2v) is 21.5. The summed E-state index contributed by atoms with van der Waals surface area (Å²) in [4.78, 5) is 26.7. The molecule has 0 amide bonds. The Labute approximate surface area is 391 Å². The number of rotatable bonds is 13. The smallest absolute Gasteiger partial charge is 0.293 e. The van der Waals surface area contributed by atoms with E-state index in [9.17, 15) is 18.5 Å². The summed E-state index contributed by atoms with van der Waals surface area (Å²) in [5, 5.41) is 16.0. The van der Waals surface area contributed by atoms with Gasteiger partial charge in [0, 0.05) is 93.2 Å². The van der Waals surface area contributed by atoms with Crippen molar-refractivity contribution >= 4 is 55.2 Å². The first-order valence-electron chi connectivity index (χ1n) is 24.1. The number of halogens is 1. The van der Waals surface area contributed by atoms with E-state index >= 15 is 4.39 Å². The van der Waals surface area contributed by atoms with Crippen LogP contribution in [-0.2, 0) is 14.8 Å². The van der Waals surface area contributed by atoms with Gasteiger partial charge in [-0.05, 0) is 129 Å². The number of aromatic amines is 1. The number of piperidine rings is 1. The Hall–Kier alpha value is -5.71. The highest BCUT2D eigenvalue weighted by molar-refractivity contribution is 7.89. The molecule has 3 aromatic carbocycles. The van der Waals surface area contributed by atoms with E-state index in [1.807, 2.05) is 30.5 Å². The van der Waals surface area contributed by atoms with Crippen LogP contribution in [0.4, 0.5) is 32.8 Å². The molecule has 2 saturated carbocycles. The SMILES string of the molecule is C=C(NS(=O)(=O)c1ccc(NCC2(F)CCOCC2)c([N+](=O)[O-])c1)c1ccc(N2CCC3(CC2)CC(N2CCCC2c2ccccc2C2CC2)C3)cc1N1CCCOc2nc3[nH]ccc3cc21. The molecule has 2 aliphatic carbocycles. The van der Waals surface area contributed by atoms with Crippen LogP contribution < -0.4 is 24.6 Å². The third-order valence-corrected chi connectivity index (χ3v) is 16.9. The lowest BCUT2D eigenvalue weighted by atomic mass is 9.59. The fourth-order valence-electron chi connectivity index (χ4n) is 11.6. The van der Waals surface area contributed by atoms with Crippen molar-refractivity contribution in [2.75, 3.05) is 67.7 Å². The molecule has 0 bridgehead atoms. The molecular formula is C51H59FN8O6S. The zero-order chi connectivity index (χ0) is 45.9. The topological polar surface area (TPSA) is 158 Å². The predicted octanol–water partition coefficient (Wildman–Crippen LogP) is 9.74. The van der Waals surface area contributed by atoms with Gasteiger partial charge in [0.25, 0.3) is 15.7 Å². The van der Waals surface area contributed by atoms with E-state index in [-0.39, 0.29) is 48.9 Å². The lowest BCUT2D eigenvalue weighted by Gasteiger charge is -2.56. The molecule has 6 heterocycles. The van der Waals surface area contributed by atoms with E-state index < -0.39 is 26.3 Å². The van der Waals surface area contributed by atoms with Gasteiger partial charge in [-0.1, -0.05) is 30.8 Å². The van der Waals surface area contributed by atoms with Crippen LogP contribution in [0.3, 0.4) is 0 Å². The summed E-state index contributed by atoms with van der Waals surface area (Å²) in [5.41, 5.74) is 5.35. The van der Waals surface area contributed by atoms with Crippen molar-refractivity contribution in [1.82, 2.24) is 19.6 Å². The number of nitrogens with zero attached hydrogens (tertiary/aromatic N) is 5. The molecule has 67 heavy (non-hydrogen) atoms. The van der Waals surface area contributed by atoms with Crippen LogP contribution in [0, 0.1) is 15.5 Å². The van der Waals surface area contributed by atoms with Gasteiger partial charge >= 0.3 is 0 Å². The number of ether oxygens (including phenoxy) is 2. The third-order valence-electron chi connectivity index (χ3n) is 15.5. The Balaban J connectivity index is 0.840. The molecule has 6 aliphatic rings. The van der Waals surface area contributed by atoms with Gasteiger partial charge < -0.3 is 29.6 Å². The van der Waals surface area contributed by atoms with Gasteiger partial charge in [0.05, 0.1) is 27.8 Å². The molecular weight excluding hydrogens is 872 g/mol. The maximum absolute atomic E-state index is 15.4. The molecule has 5 aromatic rings. The van der Waals surface area contributed by atoms with Crippen LogP contribution in [0.5, 0.6) is 5.88 Å². The number of sulfonamides is 1. The molecule has 1 atom stereocenters. The quantitative estimate of drug-likeness (QED) is 0.0763. The highest BCUT2D eigenvalue weighted by Crippen LogP contribution is 2.55. The second-order valence-electron chi connectivity index (χ2n) is 19.8. The number of nitrogens with one attached hydrogen (secondary N) is 3. The van der Waals surface area contributed by atoms with Gasteiger partial charge in [-0.3, -0.25) is 19.7 Å². The van der Waals surface area contributed by atoms with Crippen molar-refractivity contribution in [1.29, 1.82) is 0 Å². The van der Waals surface area contributed by atoms with E-state index in [2.05, 4.69) is 66.6 Å². The highest BCUT2D eigenvalue weighted by atomic mass is 32.2. The van der Waals surface area contributed by atoms with E-state index in [1.165, 1.54) is 57.2 Å². The van der Waals surface area contributed by atoms with Crippen LogP contribution in [0.25, 0.3) is 16.7 Å². The maximum atomic E-state index is 15.4. The van der Waals surface area contributed by atoms with E-state index in [0.29, 0.717) is 54.2 Å². The summed E-state index contributed by atoms with van der Waals surface area (Å²) in [5.74, 6) is 1.23. The number of H-pyrrole nitrogens is 1. The van der Waals surface area contributed by atoms with Crippen LogP contribution in [0.15, 0.2) is 90.5 Å². The van der Waals surface area contributed by atoms with Crippen molar-refractivity contribution in [2.45, 2.75) is 99.2 Å². The number of hydrogen-bond donors (Lipinski definition) is 3. The fraction of sp³-hybridized carbons (Fsp3) is 0.471. The van der Waals surface area contributed by atoms with Crippen molar-refractivity contribution in [3.05, 3.63) is 112 Å². The molecule has 352 valence electrons. The maximum Gasteiger partial charge on any atom is 0.293 e. The van der Waals surface area contributed by atoms with Gasteiger partial charge in [0.15, 0.2) is 0 Å². The van der Waals surface area contributed by atoms with Crippen molar-refractivity contribution < 1.29 is 27.2 Å². The summed E-state index contributed by atoms with van der Waals surface area (Å²) >= 11 is 0. The van der Waals surface area contributed by atoms with Gasteiger partial charge in [0.1, 0.15) is 22.7 Å². The zero-order valence-electron chi connectivity index (χ0n) is 37.9. The minimum Gasteiger partial charge on any atom is -0.476 e. The minimum atomic E-state index is -4.38. The first kappa shape index (κ1) is 43.8. The Morgan fingerprint density at radius 2 is 1.70 bits per heavy atom. The normalized spacial score (nSPS) is 21.9. The number of hydrogen-bond acceptors (Lipinski definition) is 11. The van der Waals surface area contributed by atoms with Crippen molar-refractivity contribution in [2.24, 2.45) is 5.41 Å². The Bertz CT molecular complexity index is 2810. The van der Waals surface area contributed by atoms with E-state index in [0.717, 1.165) is 60.4 Å². The number of nitro benzene ring substituents is 1. The van der Waals surface area contributed by atoms with Crippen molar-refractivity contribution in [3.63, 3.8) is 0 Å². The molecule has 1 spiro atoms. The number of pyridine rings is 1. The Morgan fingerprint density at radius 1 is 0.910 bits per heavy atom. The summed E-state index contributed by atoms with van der Waals surface area (Å²) in [7, 11) is -4.38. The number of nitro groups is 1. The standard InChI is InChI=1S/C51H59FN8O6S/c1-34(56-67(63,64)39-12-14-43(46(30-39)60(61)62)54-33-51(52)18-26-65-27-19-51)40-13-11-37(29-45(40)59-22-5-25-66-49-47(59)28-36-15-20-53-48(36)55-49)57-23-16-50(17-24-57)31-38(32-50)58-21-4-8-44(58)42-7-3-2-6-41(42)35-9-10-35/h2-3,6-7,11-15,20,28-30,35,38,44,54,56H,1,4-5,8-10,16-19,21-27,31-33H2,(H,53,55). The average Bonchev–Trinajstić information content (AvgIpc) is 3.95. The molecule has 1 unspecified atom stereocenters. The number of alkyl halides is 1.